The lowest BCUT2D eigenvalue weighted by Gasteiger charge is -2.22. The zero-order valence-corrected chi connectivity index (χ0v) is 16.9. The molecule has 1 saturated carbocycles. The van der Waals surface area contributed by atoms with Crippen LogP contribution in [0.5, 0.6) is 0 Å². The molecular formula is C16H30F3IN4. The Labute approximate surface area is 160 Å². The third-order valence-corrected chi connectivity index (χ3v) is 4.80. The Kier molecular flexibility index (Phi) is 9.11. The molecule has 1 heterocycles. The fraction of sp³-hybridized carbons (Fsp3) is 0.938. The van der Waals surface area contributed by atoms with Crippen LogP contribution in [0.2, 0.25) is 0 Å². The number of hydrogen-bond donors (Lipinski definition) is 1. The summed E-state index contributed by atoms with van der Waals surface area (Å²) in [6.07, 6.45) is 1.10. The molecule has 1 N–H and O–H groups in total. The molecule has 0 aromatic carbocycles. The monoisotopic (exact) mass is 462 g/mol. The van der Waals surface area contributed by atoms with E-state index in [1.165, 1.54) is 37.6 Å². The van der Waals surface area contributed by atoms with E-state index in [1.807, 2.05) is 6.92 Å². The molecule has 24 heavy (non-hydrogen) atoms. The van der Waals surface area contributed by atoms with E-state index in [1.54, 1.807) is 0 Å². The van der Waals surface area contributed by atoms with Crippen molar-refractivity contribution in [2.75, 3.05) is 46.3 Å². The van der Waals surface area contributed by atoms with E-state index in [2.05, 4.69) is 15.2 Å². The van der Waals surface area contributed by atoms with E-state index >= 15 is 0 Å². The highest BCUT2D eigenvalue weighted by atomic mass is 127. The summed E-state index contributed by atoms with van der Waals surface area (Å²) < 4.78 is 37.0. The van der Waals surface area contributed by atoms with Gasteiger partial charge in [-0.15, -0.1) is 24.0 Å². The summed E-state index contributed by atoms with van der Waals surface area (Å²) in [4.78, 5) is 8.12. The van der Waals surface area contributed by atoms with Crippen LogP contribution in [-0.2, 0) is 0 Å². The summed E-state index contributed by atoms with van der Waals surface area (Å²) in [7, 11) is 1.49. The second-order valence-corrected chi connectivity index (χ2v) is 6.80. The van der Waals surface area contributed by atoms with E-state index < -0.39 is 12.7 Å². The van der Waals surface area contributed by atoms with E-state index in [4.69, 9.17) is 0 Å². The van der Waals surface area contributed by atoms with Crippen molar-refractivity contribution in [3.8, 4) is 0 Å². The van der Waals surface area contributed by atoms with E-state index in [0.717, 1.165) is 37.4 Å². The molecule has 1 aliphatic heterocycles. The van der Waals surface area contributed by atoms with Crippen LogP contribution in [0.15, 0.2) is 4.99 Å². The summed E-state index contributed by atoms with van der Waals surface area (Å²) in [5.41, 5.74) is 0. The van der Waals surface area contributed by atoms with Crippen LogP contribution in [0.1, 0.15) is 32.6 Å². The van der Waals surface area contributed by atoms with Gasteiger partial charge in [-0.3, -0.25) is 9.89 Å². The van der Waals surface area contributed by atoms with Crippen molar-refractivity contribution < 1.29 is 13.2 Å². The molecule has 0 aromatic rings. The lowest BCUT2D eigenvalue weighted by Crippen LogP contribution is -2.41. The Morgan fingerprint density at radius 2 is 1.79 bits per heavy atom. The Hall–Kier alpha value is -0.250. The van der Waals surface area contributed by atoms with Gasteiger partial charge in [-0.1, -0.05) is 12.8 Å². The van der Waals surface area contributed by atoms with E-state index in [9.17, 15) is 13.2 Å². The molecule has 2 fully saturated rings. The minimum Gasteiger partial charge on any atom is -0.357 e. The summed E-state index contributed by atoms with van der Waals surface area (Å²) in [6, 6.07) is 0. The average molecular weight is 462 g/mol. The predicted molar refractivity (Wildman–Crippen MR) is 102 cm³/mol. The highest BCUT2D eigenvalue weighted by molar-refractivity contribution is 14.0. The number of likely N-dealkylation sites (tertiary alicyclic amines) is 1. The maximum atomic E-state index is 12.3. The normalized spacial score (nSPS) is 24.8. The fourth-order valence-corrected chi connectivity index (χ4v) is 3.72. The second kappa shape index (κ2) is 10.0. The molecule has 0 bridgehead atoms. The van der Waals surface area contributed by atoms with Crippen molar-refractivity contribution in [3.05, 3.63) is 0 Å². The van der Waals surface area contributed by atoms with Gasteiger partial charge in [0.15, 0.2) is 5.96 Å². The van der Waals surface area contributed by atoms with Gasteiger partial charge in [-0.25, -0.2) is 0 Å². The Morgan fingerprint density at radius 3 is 2.29 bits per heavy atom. The van der Waals surface area contributed by atoms with Crippen LogP contribution in [0, 0.1) is 11.8 Å². The quantitative estimate of drug-likeness (QED) is 0.387. The van der Waals surface area contributed by atoms with Crippen LogP contribution in [0.25, 0.3) is 0 Å². The summed E-state index contributed by atoms with van der Waals surface area (Å²) in [5, 5.41) is 3.29. The largest absolute Gasteiger partial charge is 0.401 e. The first-order valence-corrected chi connectivity index (χ1v) is 8.67. The number of alkyl halides is 3. The lowest BCUT2D eigenvalue weighted by atomic mass is 9.82. The number of guanidine groups is 1. The van der Waals surface area contributed by atoms with Gasteiger partial charge in [0.25, 0.3) is 0 Å². The van der Waals surface area contributed by atoms with Crippen LogP contribution in [0.3, 0.4) is 0 Å². The number of aliphatic imine (C=N–C) groups is 1. The molecule has 0 spiro atoms. The van der Waals surface area contributed by atoms with Crippen molar-refractivity contribution in [1.29, 1.82) is 0 Å². The molecule has 2 atom stereocenters. The standard InChI is InChI=1S/C16H29F3N4.HI/c1-3-20-15(21-8-9-22(2)12-16(17,18)19)23-10-13-6-4-5-7-14(13)11-23;/h13-14H,3-12H2,1-2H3,(H,20,21);1H. The molecule has 2 rings (SSSR count). The molecule has 1 saturated heterocycles. The van der Waals surface area contributed by atoms with Crippen LogP contribution in [-0.4, -0.2) is 68.3 Å². The first-order chi connectivity index (χ1) is 10.9. The van der Waals surface area contributed by atoms with Gasteiger partial charge in [-0.2, -0.15) is 13.2 Å². The summed E-state index contributed by atoms with van der Waals surface area (Å²) >= 11 is 0. The number of likely N-dealkylation sites (N-methyl/N-ethyl adjacent to an activating group) is 1. The first-order valence-electron chi connectivity index (χ1n) is 8.67. The molecule has 4 nitrogen and oxygen atoms in total. The van der Waals surface area contributed by atoms with E-state index in [-0.39, 0.29) is 24.0 Å². The SMILES string of the molecule is CCNC(=NCCN(C)CC(F)(F)F)N1CC2CCCCC2C1.I. The van der Waals surface area contributed by atoms with Gasteiger partial charge in [0.1, 0.15) is 0 Å². The van der Waals surface area contributed by atoms with Crippen molar-refractivity contribution in [2.24, 2.45) is 16.8 Å². The first kappa shape index (κ1) is 21.8. The minimum absolute atomic E-state index is 0. The Morgan fingerprint density at radius 1 is 1.21 bits per heavy atom. The van der Waals surface area contributed by atoms with Crippen molar-refractivity contribution in [3.63, 3.8) is 0 Å². The molecule has 142 valence electrons. The molecule has 8 heteroatoms. The van der Waals surface area contributed by atoms with Crippen LogP contribution >= 0.6 is 24.0 Å². The number of nitrogens with zero attached hydrogens (tertiary/aromatic N) is 3. The number of nitrogens with one attached hydrogen (secondary N) is 1. The van der Waals surface area contributed by atoms with Gasteiger partial charge in [0, 0.05) is 26.2 Å². The van der Waals surface area contributed by atoms with Gasteiger partial charge < -0.3 is 10.2 Å². The van der Waals surface area contributed by atoms with Gasteiger partial charge in [0.05, 0.1) is 13.1 Å². The highest BCUT2D eigenvalue weighted by Gasteiger charge is 2.35. The topological polar surface area (TPSA) is 30.9 Å². The smallest absolute Gasteiger partial charge is 0.357 e. The maximum absolute atomic E-state index is 12.3. The van der Waals surface area contributed by atoms with E-state index in [0.29, 0.717) is 13.1 Å². The second-order valence-electron chi connectivity index (χ2n) is 6.80. The van der Waals surface area contributed by atoms with Gasteiger partial charge in [0.2, 0.25) is 0 Å². The third-order valence-electron chi connectivity index (χ3n) is 4.80. The molecule has 2 aliphatic rings. The number of hydrogen-bond acceptors (Lipinski definition) is 2. The predicted octanol–water partition coefficient (Wildman–Crippen LogP) is 3.19. The summed E-state index contributed by atoms with van der Waals surface area (Å²) in [5.74, 6) is 2.39. The number of halogens is 4. The fourth-order valence-electron chi connectivity index (χ4n) is 3.72. The van der Waals surface area contributed by atoms with Crippen LogP contribution < -0.4 is 5.32 Å². The molecule has 2 unspecified atom stereocenters. The number of rotatable bonds is 5. The molecule has 0 amide bonds. The molecule has 0 radical (unpaired) electrons. The van der Waals surface area contributed by atoms with Gasteiger partial charge >= 0.3 is 6.18 Å². The third kappa shape index (κ3) is 6.93. The molecule has 0 aromatic heterocycles. The summed E-state index contributed by atoms with van der Waals surface area (Å²) in [6.45, 7) is 4.70. The highest BCUT2D eigenvalue weighted by Crippen LogP contribution is 2.35. The number of fused-ring (bicyclic) bond motifs is 1. The van der Waals surface area contributed by atoms with Crippen LogP contribution in [0.4, 0.5) is 13.2 Å². The zero-order valence-electron chi connectivity index (χ0n) is 14.6. The van der Waals surface area contributed by atoms with Crippen molar-refractivity contribution in [2.45, 2.75) is 38.8 Å². The minimum atomic E-state index is -4.15. The zero-order chi connectivity index (χ0) is 16.9. The Balaban J connectivity index is 0.00000288. The molecular weight excluding hydrogens is 432 g/mol. The molecule has 1 aliphatic carbocycles. The average Bonchev–Trinajstić information content (AvgIpc) is 2.88. The lowest BCUT2D eigenvalue weighted by molar-refractivity contribution is -0.142. The van der Waals surface area contributed by atoms with Crippen molar-refractivity contribution in [1.82, 2.24) is 15.1 Å². The van der Waals surface area contributed by atoms with Gasteiger partial charge in [-0.05, 0) is 38.6 Å². The maximum Gasteiger partial charge on any atom is 0.401 e. The van der Waals surface area contributed by atoms with Crippen molar-refractivity contribution >= 4 is 29.9 Å². The Bertz CT molecular complexity index is 389.